The molecule has 1 fully saturated rings. The van der Waals surface area contributed by atoms with Crippen LogP contribution in [0, 0.1) is 0 Å². The number of ether oxygens (including phenoxy) is 1. The molecule has 9 heteroatoms. The quantitative estimate of drug-likeness (QED) is 0.702. The fourth-order valence-corrected chi connectivity index (χ4v) is 3.94. The average Bonchev–Trinajstić information content (AvgIpc) is 3.23. The van der Waals surface area contributed by atoms with Gasteiger partial charge in [-0.15, -0.1) is 0 Å². The highest BCUT2D eigenvalue weighted by molar-refractivity contribution is 7.89. The zero-order valence-corrected chi connectivity index (χ0v) is 15.6. The lowest BCUT2D eigenvalue weighted by Gasteiger charge is -2.24. The van der Waals surface area contributed by atoms with Gasteiger partial charge in [-0.1, -0.05) is 6.92 Å². The summed E-state index contributed by atoms with van der Waals surface area (Å²) in [6.07, 6.45) is 3.68. The van der Waals surface area contributed by atoms with Gasteiger partial charge in [0.1, 0.15) is 10.6 Å². The van der Waals surface area contributed by atoms with Crippen molar-refractivity contribution >= 4 is 21.9 Å². The summed E-state index contributed by atoms with van der Waals surface area (Å²) in [6, 6.07) is 1.24. The minimum atomic E-state index is -3.60. The van der Waals surface area contributed by atoms with Crippen LogP contribution >= 0.6 is 0 Å². The Morgan fingerprint density at radius 2 is 1.96 bits per heavy atom. The van der Waals surface area contributed by atoms with Crippen LogP contribution in [0.5, 0.6) is 0 Å². The Balaban J connectivity index is 1.95. The van der Waals surface area contributed by atoms with Gasteiger partial charge in [-0.3, -0.25) is 4.79 Å². The first-order valence-corrected chi connectivity index (χ1v) is 9.76. The lowest BCUT2D eigenvalue weighted by molar-refractivity contribution is -0.125. The SMILES string of the molecule is CCC(C)(C)NC(=O)COC(=O)c1cc(S(=O)(=O)N2CCCC2)c[nH]1. The topological polar surface area (TPSA) is 109 Å². The van der Waals surface area contributed by atoms with E-state index in [1.165, 1.54) is 16.6 Å². The zero-order chi connectivity index (χ0) is 18.7. The van der Waals surface area contributed by atoms with Crippen molar-refractivity contribution in [1.82, 2.24) is 14.6 Å². The molecule has 1 amide bonds. The van der Waals surface area contributed by atoms with Gasteiger partial charge in [-0.05, 0) is 39.2 Å². The number of esters is 1. The van der Waals surface area contributed by atoms with Gasteiger partial charge in [0.25, 0.3) is 5.91 Å². The lowest BCUT2D eigenvalue weighted by atomic mass is 10.0. The van der Waals surface area contributed by atoms with E-state index in [0.29, 0.717) is 13.1 Å². The predicted molar refractivity (Wildman–Crippen MR) is 91.6 cm³/mol. The van der Waals surface area contributed by atoms with Crippen LogP contribution < -0.4 is 5.32 Å². The Morgan fingerprint density at radius 3 is 2.56 bits per heavy atom. The highest BCUT2D eigenvalue weighted by Gasteiger charge is 2.29. The number of H-pyrrole nitrogens is 1. The number of rotatable bonds is 7. The number of hydrogen-bond donors (Lipinski definition) is 2. The molecule has 1 aromatic rings. The van der Waals surface area contributed by atoms with E-state index in [2.05, 4.69) is 10.3 Å². The normalized spacial score (nSPS) is 16.0. The summed E-state index contributed by atoms with van der Waals surface area (Å²) in [6.45, 7) is 6.23. The number of hydrogen-bond acceptors (Lipinski definition) is 5. The third kappa shape index (κ3) is 4.82. The number of carbonyl (C=O) groups excluding carboxylic acids is 2. The maximum Gasteiger partial charge on any atom is 0.355 e. The number of aromatic nitrogens is 1. The summed E-state index contributed by atoms with van der Waals surface area (Å²) in [7, 11) is -3.60. The second kappa shape index (κ2) is 7.57. The van der Waals surface area contributed by atoms with Crippen LogP contribution in [0.3, 0.4) is 0 Å². The molecule has 140 valence electrons. The van der Waals surface area contributed by atoms with Gasteiger partial charge in [0.15, 0.2) is 6.61 Å². The second-order valence-electron chi connectivity index (χ2n) is 6.72. The third-order valence-corrected chi connectivity index (χ3v) is 6.15. The minimum absolute atomic E-state index is 0.000300. The van der Waals surface area contributed by atoms with E-state index in [4.69, 9.17) is 4.74 Å². The maximum absolute atomic E-state index is 12.4. The van der Waals surface area contributed by atoms with E-state index in [-0.39, 0.29) is 16.1 Å². The molecule has 2 heterocycles. The number of sulfonamides is 1. The summed E-state index contributed by atoms with van der Waals surface area (Å²) in [4.78, 5) is 26.4. The molecule has 0 radical (unpaired) electrons. The standard InChI is InChI=1S/C16H25N3O5S/c1-4-16(2,3)18-14(20)11-24-15(21)13-9-12(10-17-13)25(22,23)19-7-5-6-8-19/h9-10,17H,4-8,11H2,1-3H3,(H,18,20). The largest absolute Gasteiger partial charge is 0.451 e. The van der Waals surface area contributed by atoms with Crippen LogP contribution in [0.2, 0.25) is 0 Å². The fourth-order valence-electron chi connectivity index (χ4n) is 2.43. The van der Waals surface area contributed by atoms with Crippen molar-refractivity contribution in [2.45, 2.75) is 50.5 Å². The van der Waals surface area contributed by atoms with Gasteiger partial charge in [0.2, 0.25) is 10.0 Å². The molecule has 0 unspecified atom stereocenters. The molecule has 0 atom stereocenters. The highest BCUT2D eigenvalue weighted by atomic mass is 32.2. The summed E-state index contributed by atoms with van der Waals surface area (Å²) >= 11 is 0. The number of amides is 1. The Morgan fingerprint density at radius 1 is 1.32 bits per heavy atom. The van der Waals surface area contributed by atoms with Crippen LogP contribution in [0.1, 0.15) is 50.5 Å². The van der Waals surface area contributed by atoms with Crippen molar-refractivity contribution in [1.29, 1.82) is 0 Å². The first kappa shape index (κ1) is 19.5. The molecule has 2 rings (SSSR count). The Kier molecular flexibility index (Phi) is 5.89. The van der Waals surface area contributed by atoms with Gasteiger partial charge >= 0.3 is 5.97 Å². The second-order valence-corrected chi connectivity index (χ2v) is 8.66. The molecule has 1 aliphatic rings. The molecule has 1 saturated heterocycles. The van der Waals surface area contributed by atoms with E-state index >= 15 is 0 Å². The number of carbonyl (C=O) groups is 2. The van der Waals surface area contributed by atoms with Crippen molar-refractivity contribution < 1.29 is 22.7 Å². The van der Waals surface area contributed by atoms with Gasteiger partial charge in [-0.25, -0.2) is 13.2 Å². The molecule has 1 aliphatic heterocycles. The van der Waals surface area contributed by atoms with Gasteiger partial charge < -0.3 is 15.0 Å². The zero-order valence-electron chi connectivity index (χ0n) is 14.8. The lowest BCUT2D eigenvalue weighted by Crippen LogP contribution is -2.44. The molecular weight excluding hydrogens is 346 g/mol. The van der Waals surface area contributed by atoms with Crippen molar-refractivity contribution in [2.24, 2.45) is 0 Å². The summed E-state index contributed by atoms with van der Waals surface area (Å²) in [5, 5.41) is 2.75. The van der Waals surface area contributed by atoms with Gasteiger partial charge in [0.05, 0.1) is 0 Å². The molecule has 1 aromatic heterocycles. The molecule has 0 spiro atoms. The van der Waals surface area contributed by atoms with Crippen LogP contribution in [-0.2, 0) is 19.6 Å². The molecular formula is C16H25N3O5S. The number of nitrogens with zero attached hydrogens (tertiary/aromatic N) is 1. The molecule has 25 heavy (non-hydrogen) atoms. The fraction of sp³-hybridized carbons (Fsp3) is 0.625. The van der Waals surface area contributed by atoms with E-state index in [1.54, 1.807) is 0 Å². The molecule has 0 aliphatic carbocycles. The van der Waals surface area contributed by atoms with Crippen LogP contribution in [-0.4, -0.2) is 54.8 Å². The van der Waals surface area contributed by atoms with Gasteiger partial charge in [0, 0.05) is 24.8 Å². The number of aromatic amines is 1. The Hall–Kier alpha value is -1.87. The molecule has 8 nitrogen and oxygen atoms in total. The average molecular weight is 371 g/mol. The smallest absolute Gasteiger partial charge is 0.355 e. The van der Waals surface area contributed by atoms with E-state index in [9.17, 15) is 18.0 Å². The van der Waals surface area contributed by atoms with Crippen molar-refractivity contribution in [3.8, 4) is 0 Å². The van der Waals surface area contributed by atoms with E-state index in [1.807, 2.05) is 20.8 Å². The van der Waals surface area contributed by atoms with Crippen LogP contribution in [0.15, 0.2) is 17.2 Å². The molecule has 0 aromatic carbocycles. The first-order chi connectivity index (χ1) is 11.7. The van der Waals surface area contributed by atoms with Crippen LogP contribution in [0.4, 0.5) is 0 Å². The summed E-state index contributed by atoms with van der Waals surface area (Å²) < 4.78 is 31.2. The van der Waals surface area contributed by atoms with Crippen molar-refractivity contribution in [3.05, 3.63) is 18.0 Å². The van der Waals surface area contributed by atoms with Crippen molar-refractivity contribution in [3.63, 3.8) is 0 Å². The highest BCUT2D eigenvalue weighted by Crippen LogP contribution is 2.21. The predicted octanol–water partition coefficient (Wildman–Crippen LogP) is 1.26. The Labute approximate surface area is 148 Å². The molecule has 0 saturated carbocycles. The van der Waals surface area contributed by atoms with E-state index < -0.39 is 28.5 Å². The first-order valence-electron chi connectivity index (χ1n) is 8.32. The van der Waals surface area contributed by atoms with Gasteiger partial charge in [-0.2, -0.15) is 4.31 Å². The third-order valence-electron chi connectivity index (χ3n) is 4.28. The monoisotopic (exact) mass is 371 g/mol. The number of nitrogens with one attached hydrogen (secondary N) is 2. The molecule has 2 N–H and O–H groups in total. The molecule has 0 bridgehead atoms. The minimum Gasteiger partial charge on any atom is -0.451 e. The summed E-state index contributed by atoms with van der Waals surface area (Å²) in [5.74, 6) is -1.18. The van der Waals surface area contributed by atoms with Crippen LogP contribution in [0.25, 0.3) is 0 Å². The van der Waals surface area contributed by atoms with E-state index in [0.717, 1.165) is 19.3 Å². The van der Waals surface area contributed by atoms with Crippen molar-refractivity contribution in [2.75, 3.05) is 19.7 Å². The summed E-state index contributed by atoms with van der Waals surface area (Å²) in [5.41, 5.74) is -0.382. The Bertz CT molecular complexity index is 733. The maximum atomic E-state index is 12.4.